The number of rotatable bonds is 8. The van der Waals surface area contributed by atoms with Crippen molar-refractivity contribution in [2.45, 2.75) is 19.3 Å². The molecule has 7 heteroatoms. The summed E-state index contributed by atoms with van der Waals surface area (Å²) in [4.78, 5) is 29.5. The van der Waals surface area contributed by atoms with Crippen LogP contribution in [0.5, 0.6) is 5.75 Å². The third-order valence-electron chi connectivity index (χ3n) is 3.05. The summed E-state index contributed by atoms with van der Waals surface area (Å²) in [6.07, 6.45) is 1.44. The maximum absolute atomic E-state index is 11.7. The van der Waals surface area contributed by atoms with Gasteiger partial charge in [0.15, 0.2) is 0 Å². The van der Waals surface area contributed by atoms with Gasteiger partial charge in [-0.05, 0) is 18.6 Å². The highest BCUT2D eigenvalue weighted by molar-refractivity contribution is 5.75. The largest absolute Gasteiger partial charge is 0.494 e. The molecular formula is C16H20N4O3. The summed E-state index contributed by atoms with van der Waals surface area (Å²) < 4.78 is 5.51. The number of H-pyrrole nitrogens is 1. The van der Waals surface area contributed by atoms with E-state index in [1.54, 1.807) is 0 Å². The standard InChI is InChI=1S/C16H20N4O3/c17-13-11-16(22)20-14(19-13)8-9-18-15(21)7-4-10-23-12-5-2-1-3-6-12/h1-3,5-6,11H,4,7-10H2,(H,18,21)(H3,17,19,20,22). The Bertz CT molecular complexity index is 685. The number of nitrogens with two attached hydrogens (primary N) is 1. The molecule has 0 atom stereocenters. The minimum Gasteiger partial charge on any atom is -0.494 e. The van der Waals surface area contributed by atoms with Gasteiger partial charge in [-0.2, -0.15) is 0 Å². The molecule has 23 heavy (non-hydrogen) atoms. The first kappa shape index (κ1) is 16.5. The lowest BCUT2D eigenvalue weighted by Crippen LogP contribution is -2.27. The van der Waals surface area contributed by atoms with Gasteiger partial charge in [0.2, 0.25) is 5.91 Å². The number of amides is 1. The molecule has 0 spiro atoms. The number of benzene rings is 1. The Labute approximate surface area is 133 Å². The van der Waals surface area contributed by atoms with E-state index in [1.165, 1.54) is 6.07 Å². The van der Waals surface area contributed by atoms with E-state index < -0.39 is 0 Å². The number of anilines is 1. The lowest BCUT2D eigenvalue weighted by atomic mass is 10.3. The van der Waals surface area contributed by atoms with E-state index in [0.29, 0.717) is 38.2 Å². The topological polar surface area (TPSA) is 110 Å². The first-order chi connectivity index (χ1) is 11.1. The Kier molecular flexibility index (Phi) is 6.17. The van der Waals surface area contributed by atoms with Gasteiger partial charge in [-0.3, -0.25) is 9.59 Å². The van der Waals surface area contributed by atoms with Gasteiger partial charge in [-0.15, -0.1) is 0 Å². The van der Waals surface area contributed by atoms with E-state index in [1.807, 2.05) is 30.3 Å². The predicted molar refractivity (Wildman–Crippen MR) is 87.2 cm³/mol. The molecule has 0 radical (unpaired) electrons. The van der Waals surface area contributed by atoms with Crippen molar-refractivity contribution in [2.75, 3.05) is 18.9 Å². The molecule has 1 heterocycles. The summed E-state index contributed by atoms with van der Waals surface area (Å²) in [5.74, 6) is 1.37. The minimum atomic E-state index is -0.295. The van der Waals surface area contributed by atoms with Crippen LogP contribution in [-0.4, -0.2) is 29.0 Å². The zero-order chi connectivity index (χ0) is 16.5. The van der Waals surface area contributed by atoms with Gasteiger partial charge in [0.25, 0.3) is 5.56 Å². The van der Waals surface area contributed by atoms with E-state index in [9.17, 15) is 9.59 Å². The zero-order valence-electron chi connectivity index (χ0n) is 12.7. The van der Waals surface area contributed by atoms with Gasteiger partial charge in [0.1, 0.15) is 17.4 Å². The maximum atomic E-state index is 11.7. The fraction of sp³-hybridized carbons (Fsp3) is 0.312. The van der Waals surface area contributed by atoms with Crippen molar-refractivity contribution in [3.63, 3.8) is 0 Å². The molecule has 0 aliphatic rings. The van der Waals surface area contributed by atoms with Crippen molar-refractivity contribution >= 4 is 11.7 Å². The molecular weight excluding hydrogens is 296 g/mol. The summed E-state index contributed by atoms with van der Waals surface area (Å²) in [5.41, 5.74) is 5.19. The molecule has 7 nitrogen and oxygen atoms in total. The van der Waals surface area contributed by atoms with Crippen molar-refractivity contribution in [3.8, 4) is 5.75 Å². The molecule has 4 N–H and O–H groups in total. The normalized spacial score (nSPS) is 10.3. The fourth-order valence-corrected chi connectivity index (χ4v) is 2.00. The number of aromatic amines is 1. The van der Waals surface area contributed by atoms with Gasteiger partial charge in [-0.1, -0.05) is 18.2 Å². The molecule has 1 aromatic carbocycles. The quantitative estimate of drug-likeness (QED) is 0.626. The van der Waals surface area contributed by atoms with Crippen molar-refractivity contribution in [1.82, 2.24) is 15.3 Å². The van der Waals surface area contributed by atoms with Crippen LogP contribution in [0.4, 0.5) is 5.82 Å². The van der Waals surface area contributed by atoms with Crippen LogP contribution in [0.15, 0.2) is 41.2 Å². The number of ether oxygens (including phenoxy) is 1. The number of hydrogen-bond acceptors (Lipinski definition) is 5. The Hall–Kier alpha value is -2.83. The SMILES string of the molecule is Nc1cc(=O)[nH]c(CCNC(=O)CCCOc2ccccc2)n1. The number of aromatic nitrogens is 2. The average Bonchev–Trinajstić information content (AvgIpc) is 2.52. The molecule has 1 amide bonds. The van der Waals surface area contributed by atoms with Crippen molar-refractivity contribution < 1.29 is 9.53 Å². The molecule has 0 bridgehead atoms. The number of nitrogen functional groups attached to an aromatic ring is 1. The average molecular weight is 316 g/mol. The van der Waals surface area contributed by atoms with E-state index in [0.717, 1.165) is 5.75 Å². The molecule has 0 aliphatic carbocycles. The number of hydrogen-bond donors (Lipinski definition) is 3. The van der Waals surface area contributed by atoms with Crippen LogP contribution >= 0.6 is 0 Å². The first-order valence-corrected chi connectivity index (χ1v) is 7.44. The second-order valence-corrected chi connectivity index (χ2v) is 4.98. The Morgan fingerprint density at radius 3 is 2.83 bits per heavy atom. The highest BCUT2D eigenvalue weighted by Crippen LogP contribution is 2.08. The molecule has 2 rings (SSSR count). The maximum Gasteiger partial charge on any atom is 0.252 e. The van der Waals surface area contributed by atoms with E-state index >= 15 is 0 Å². The van der Waals surface area contributed by atoms with Crippen LogP contribution in [-0.2, 0) is 11.2 Å². The molecule has 2 aromatic rings. The van der Waals surface area contributed by atoms with Crippen molar-refractivity contribution in [3.05, 3.63) is 52.6 Å². The Morgan fingerprint density at radius 1 is 1.30 bits per heavy atom. The smallest absolute Gasteiger partial charge is 0.252 e. The molecule has 0 aliphatic heterocycles. The second kappa shape index (κ2) is 8.57. The summed E-state index contributed by atoms with van der Waals surface area (Å²) >= 11 is 0. The van der Waals surface area contributed by atoms with Crippen LogP contribution in [0, 0.1) is 0 Å². The van der Waals surface area contributed by atoms with Crippen LogP contribution in [0.25, 0.3) is 0 Å². The Balaban J connectivity index is 1.60. The number of para-hydroxylation sites is 1. The van der Waals surface area contributed by atoms with Crippen LogP contribution in [0.3, 0.4) is 0 Å². The third-order valence-corrected chi connectivity index (χ3v) is 3.05. The summed E-state index contributed by atoms with van der Waals surface area (Å²) in [7, 11) is 0. The lowest BCUT2D eigenvalue weighted by Gasteiger charge is -2.07. The summed E-state index contributed by atoms with van der Waals surface area (Å²) in [5, 5.41) is 2.77. The molecule has 0 fully saturated rings. The van der Waals surface area contributed by atoms with Gasteiger partial charge >= 0.3 is 0 Å². The predicted octanol–water partition coefficient (Wildman–Crippen LogP) is 0.870. The minimum absolute atomic E-state index is 0.0621. The summed E-state index contributed by atoms with van der Waals surface area (Å²) in [6, 6.07) is 10.7. The van der Waals surface area contributed by atoms with Gasteiger partial charge in [0, 0.05) is 25.5 Å². The zero-order valence-corrected chi connectivity index (χ0v) is 12.7. The number of nitrogens with one attached hydrogen (secondary N) is 2. The number of nitrogens with zero attached hydrogens (tertiary/aromatic N) is 1. The van der Waals surface area contributed by atoms with Crippen molar-refractivity contribution in [1.29, 1.82) is 0 Å². The monoisotopic (exact) mass is 316 g/mol. The fourth-order valence-electron chi connectivity index (χ4n) is 2.00. The first-order valence-electron chi connectivity index (χ1n) is 7.44. The highest BCUT2D eigenvalue weighted by atomic mass is 16.5. The van der Waals surface area contributed by atoms with Crippen LogP contribution in [0.1, 0.15) is 18.7 Å². The van der Waals surface area contributed by atoms with E-state index in [2.05, 4.69) is 15.3 Å². The number of carbonyl (C=O) groups is 1. The van der Waals surface area contributed by atoms with Gasteiger partial charge in [-0.25, -0.2) is 4.98 Å². The van der Waals surface area contributed by atoms with E-state index in [4.69, 9.17) is 10.5 Å². The van der Waals surface area contributed by atoms with E-state index in [-0.39, 0.29) is 17.3 Å². The summed E-state index contributed by atoms with van der Waals surface area (Å²) in [6.45, 7) is 0.881. The Morgan fingerprint density at radius 2 is 2.09 bits per heavy atom. The third kappa shape index (κ3) is 6.21. The van der Waals surface area contributed by atoms with Crippen LogP contribution in [0.2, 0.25) is 0 Å². The molecule has 122 valence electrons. The molecule has 1 aromatic heterocycles. The van der Waals surface area contributed by atoms with Crippen molar-refractivity contribution in [2.24, 2.45) is 0 Å². The lowest BCUT2D eigenvalue weighted by molar-refractivity contribution is -0.121. The molecule has 0 saturated carbocycles. The van der Waals surface area contributed by atoms with Gasteiger partial charge < -0.3 is 20.8 Å². The van der Waals surface area contributed by atoms with Gasteiger partial charge in [0.05, 0.1) is 6.61 Å². The second-order valence-electron chi connectivity index (χ2n) is 4.98. The van der Waals surface area contributed by atoms with Crippen LogP contribution < -0.4 is 21.3 Å². The highest BCUT2D eigenvalue weighted by Gasteiger charge is 2.03. The molecule has 0 unspecified atom stereocenters. The molecule has 0 saturated heterocycles. The number of carbonyl (C=O) groups excluding carboxylic acids is 1.